The number of ether oxygens (including phenoxy) is 3. The largest absolute Gasteiger partial charge is 0.573 e. The Morgan fingerprint density at radius 1 is 0.677 bits per heavy atom. The highest BCUT2D eigenvalue weighted by molar-refractivity contribution is 5.31. The summed E-state index contributed by atoms with van der Waals surface area (Å²) in [5, 5.41) is 0. The minimum absolute atomic E-state index is 0.174. The van der Waals surface area contributed by atoms with Crippen LogP contribution >= 0.6 is 0 Å². The van der Waals surface area contributed by atoms with Crippen molar-refractivity contribution < 1.29 is 36.2 Å². The molecule has 3 fully saturated rings. The Labute approximate surface area is 179 Å². The van der Waals surface area contributed by atoms with Crippen molar-refractivity contribution in [3.8, 4) is 11.5 Å². The first-order valence-electron chi connectivity index (χ1n) is 11.2. The minimum Gasteiger partial charge on any atom is -0.432 e. The zero-order valence-electron chi connectivity index (χ0n) is 17.4. The van der Waals surface area contributed by atoms with Crippen LogP contribution in [0.15, 0.2) is 24.3 Å². The third-order valence-electron chi connectivity index (χ3n) is 7.25. The van der Waals surface area contributed by atoms with Crippen LogP contribution in [0.3, 0.4) is 0 Å². The van der Waals surface area contributed by atoms with Crippen molar-refractivity contribution in [2.75, 3.05) is 6.61 Å². The van der Waals surface area contributed by atoms with Crippen LogP contribution in [-0.4, -0.2) is 25.2 Å². The van der Waals surface area contributed by atoms with Gasteiger partial charge in [0.15, 0.2) is 0 Å². The van der Waals surface area contributed by atoms with Crippen LogP contribution in [0.1, 0.15) is 57.8 Å². The summed E-state index contributed by atoms with van der Waals surface area (Å²) in [6, 6.07) is 4.06. The highest BCUT2D eigenvalue weighted by atomic mass is 19.4. The molecule has 2 saturated carbocycles. The second kappa shape index (κ2) is 9.12. The molecule has 31 heavy (non-hydrogen) atoms. The van der Waals surface area contributed by atoms with Crippen LogP contribution in [0.2, 0.25) is 0 Å². The lowest BCUT2D eigenvalue weighted by atomic mass is 9.71. The quantitative estimate of drug-likeness (QED) is 0.441. The van der Waals surface area contributed by atoms with E-state index in [0.717, 1.165) is 43.2 Å². The van der Waals surface area contributed by atoms with Gasteiger partial charge in [-0.05, 0) is 80.5 Å². The lowest BCUT2D eigenvalue weighted by Gasteiger charge is -2.42. The second-order valence-corrected chi connectivity index (χ2v) is 9.19. The summed E-state index contributed by atoms with van der Waals surface area (Å²) in [7, 11) is 0. The van der Waals surface area contributed by atoms with E-state index >= 15 is 0 Å². The van der Waals surface area contributed by atoms with E-state index in [-0.39, 0.29) is 11.9 Å². The van der Waals surface area contributed by atoms with Gasteiger partial charge in [-0.2, -0.15) is 8.78 Å². The van der Waals surface area contributed by atoms with Crippen LogP contribution in [0.4, 0.5) is 22.0 Å². The van der Waals surface area contributed by atoms with Crippen LogP contribution in [0.5, 0.6) is 11.5 Å². The SMILES string of the molecule is FC(F)(F)Oc1ccc(OC(F)(F)C2CCC(C3CCC(C4CCC4)CO3)CC2)cc1. The number of hydrogen-bond acceptors (Lipinski definition) is 3. The van der Waals surface area contributed by atoms with Crippen LogP contribution < -0.4 is 9.47 Å². The van der Waals surface area contributed by atoms with Crippen molar-refractivity contribution in [2.24, 2.45) is 23.7 Å². The maximum absolute atomic E-state index is 14.7. The average Bonchev–Trinajstić information content (AvgIpc) is 2.68. The predicted molar refractivity (Wildman–Crippen MR) is 104 cm³/mol. The van der Waals surface area contributed by atoms with E-state index < -0.39 is 24.1 Å². The topological polar surface area (TPSA) is 27.7 Å². The molecule has 2 atom stereocenters. The standard InChI is InChI=1S/C23H29F5O3/c24-22(25,30-19-9-11-20(12-10-19)31-23(26,27)28)18-7-4-16(5-8-18)21-13-6-17(14-29-21)15-2-1-3-15/h9-12,15-18,21H,1-8,13-14H2. The molecule has 174 valence electrons. The molecule has 2 unspecified atom stereocenters. The highest BCUT2D eigenvalue weighted by Gasteiger charge is 2.45. The molecule has 0 spiro atoms. The minimum atomic E-state index is -4.83. The Morgan fingerprint density at radius 3 is 1.74 bits per heavy atom. The summed E-state index contributed by atoms with van der Waals surface area (Å²) in [6.07, 6.45) is 0.195. The van der Waals surface area contributed by atoms with Crippen LogP contribution in [-0.2, 0) is 4.74 Å². The van der Waals surface area contributed by atoms with Crippen molar-refractivity contribution in [1.29, 1.82) is 0 Å². The van der Waals surface area contributed by atoms with Gasteiger partial charge in [-0.1, -0.05) is 19.3 Å². The Kier molecular flexibility index (Phi) is 6.65. The van der Waals surface area contributed by atoms with Gasteiger partial charge in [0.2, 0.25) is 0 Å². The molecule has 3 nitrogen and oxygen atoms in total. The molecule has 0 radical (unpaired) electrons. The molecule has 1 saturated heterocycles. The summed E-state index contributed by atoms with van der Waals surface area (Å²) < 4.78 is 80.7. The zero-order valence-corrected chi connectivity index (χ0v) is 17.4. The molecule has 1 aromatic carbocycles. The van der Waals surface area contributed by atoms with Gasteiger partial charge in [0, 0.05) is 0 Å². The summed E-state index contributed by atoms with van der Waals surface area (Å²) in [6.45, 7) is 0.808. The molecule has 0 aromatic heterocycles. The number of halogens is 5. The fourth-order valence-corrected chi connectivity index (χ4v) is 5.22. The first-order valence-corrected chi connectivity index (χ1v) is 11.2. The van der Waals surface area contributed by atoms with Gasteiger partial charge in [0.1, 0.15) is 11.5 Å². The highest BCUT2D eigenvalue weighted by Crippen LogP contribution is 2.44. The smallest absolute Gasteiger partial charge is 0.432 e. The maximum atomic E-state index is 14.7. The normalized spacial score (nSPS) is 30.5. The third-order valence-corrected chi connectivity index (χ3v) is 7.25. The van der Waals surface area contributed by atoms with Crippen molar-refractivity contribution >= 4 is 0 Å². The molecule has 0 bridgehead atoms. The first kappa shape index (κ1) is 22.6. The summed E-state index contributed by atoms with van der Waals surface area (Å²) >= 11 is 0. The Hall–Kier alpha value is -1.57. The van der Waals surface area contributed by atoms with E-state index in [0.29, 0.717) is 37.5 Å². The fourth-order valence-electron chi connectivity index (χ4n) is 5.22. The molecule has 8 heteroatoms. The molecular weight excluding hydrogens is 419 g/mol. The molecule has 0 amide bonds. The van der Waals surface area contributed by atoms with Crippen molar-refractivity contribution in [1.82, 2.24) is 0 Å². The number of hydrogen-bond donors (Lipinski definition) is 0. The summed E-state index contributed by atoms with van der Waals surface area (Å²) in [4.78, 5) is 0. The summed E-state index contributed by atoms with van der Waals surface area (Å²) in [5.74, 6) is 0.234. The fraction of sp³-hybridized carbons (Fsp3) is 0.739. The number of benzene rings is 1. The van der Waals surface area contributed by atoms with Crippen LogP contribution in [0.25, 0.3) is 0 Å². The molecule has 1 aliphatic heterocycles. The lowest BCUT2D eigenvalue weighted by Crippen LogP contribution is -2.41. The predicted octanol–water partition coefficient (Wildman–Crippen LogP) is 6.96. The third kappa shape index (κ3) is 5.82. The van der Waals surface area contributed by atoms with Gasteiger partial charge in [-0.3, -0.25) is 0 Å². The molecule has 2 aliphatic carbocycles. The number of rotatable bonds is 6. The van der Waals surface area contributed by atoms with Gasteiger partial charge in [-0.15, -0.1) is 13.2 Å². The molecule has 1 aromatic rings. The van der Waals surface area contributed by atoms with Crippen molar-refractivity contribution in [3.05, 3.63) is 24.3 Å². The van der Waals surface area contributed by atoms with E-state index in [1.165, 1.54) is 25.7 Å². The first-order chi connectivity index (χ1) is 14.7. The lowest BCUT2D eigenvalue weighted by molar-refractivity contribution is -0.274. The van der Waals surface area contributed by atoms with Crippen LogP contribution in [0, 0.1) is 23.7 Å². The molecule has 0 N–H and O–H groups in total. The molecule has 1 heterocycles. The van der Waals surface area contributed by atoms with Crippen molar-refractivity contribution in [2.45, 2.75) is 76.4 Å². The second-order valence-electron chi connectivity index (χ2n) is 9.19. The Bertz CT molecular complexity index is 701. The average molecular weight is 448 g/mol. The maximum Gasteiger partial charge on any atom is 0.573 e. The zero-order chi connectivity index (χ0) is 22.1. The molecular formula is C23H29F5O3. The van der Waals surface area contributed by atoms with E-state index in [9.17, 15) is 22.0 Å². The van der Waals surface area contributed by atoms with E-state index in [1.54, 1.807) is 0 Å². The number of alkyl halides is 5. The van der Waals surface area contributed by atoms with Gasteiger partial charge >= 0.3 is 12.5 Å². The van der Waals surface area contributed by atoms with Gasteiger partial charge < -0.3 is 14.2 Å². The van der Waals surface area contributed by atoms with Gasteiger partial charge in [-0.25, -0.2) is 0 Å². The molecule has 3 aliphatic rings. The van der Waals surface area contributed by atoms with E-state index in [1.807, 2.05) is 0 Å². The monoisotopic (exact) mass is 448 g/mol. The van der Waals surface area contributed by atoms with Crippen molar-refractivity contribution in [3.63, 3.8) is 0 Å². The molecule has 4 rings (SSSR count). The Morgan fingerprint density at radius 2 is 1.26 bits per heavy atom. The van der Waals surface area contributed by atoms with E-state index in [4.69, 9.17) is 9.47 Å². The van der Waals surface area contributed by atoms with Gasteiger partial charge in [0.25, 0.3) is 0 Å². The Balaban J connectivity index is 1.24. The van der Waals surface area contributed by atoms with Gasteiger partial charge in [0.05, 0.1) is 18.6 Å². The summed E-state index contributed by atoms with van der Waals surface area (Å²) in [5.41, 5.74) is 0. The van der Waals surface area contributed by atoms with E-state index in [2.05, 4.69) is 4.74 Å².